The molecule has 30 heavy (non-hydrogen) atoms. The molecule has 0 aromatic heterocycles. The van der Waals surface area contributed by atoms with Gasteiger partial charge in [-0.25, -0.2) is 9.59 Å². The Labute approximate surface area is 180 Å². The molecule has 0 amide bonds. The maximum atomic E-state index is 11.4. The lowest BCUT2D eigenvalue weighted by Gasteiger charge is -2.19. The van der Waals surface area contributed by atoms with E-state index in [1.165, 1.54) is 0 Å². The molecule has 0 saturated carbocycles. The fourth-order valence-corrected chi connectivity index (χ4v) is 2.16. The summed E-state index contributed by atoms with van der Waals surface area (Å²) in [6.45, 7) is 18.2. The first-order chi connectivity index (χ1) is 14.3. The number of ether oxygens (including phenoxy) is 6. The maximum absolute atomic E-state index is 11.4. The van der Waals surface area contributed by atoms with Crippen molar-refractivity contribution in [2.45, 2.75) is 52.7 Å². The van der Waals surface area contributed by atoms with E-state index in [-0.39, 0.29) is 38.6 Å². The van der Waals surface area contributed by atoms with Crippen LogP contribution in [0.15, 0.2) is 24.3 Å². The Morgan fingerprint density at radius 2 is 1.43 bits per heavy atom. The third-order valence-corrected chi connectivity index (χ3v) is 3.71. The lowest BCUT2D eigenvalue weighted by atomic mass is 10.1. The second-order valence-corrected chi connectivity index (χ2v) is 6.71. The number of hydrogen-bond donors (Lipinski definition) is 0. The van der Waals surface area contributed by atoms with Crippen molar-refractivity contribution >= 4 is 11.9 Å². The second-order valence-electron chi connectivity index (χ2n) is 6.71. The molecule has 0 fully saturated rings. The highest BCUT2D eigenvalue weighted by Gasteiger charge is 2.20. The van der Waals surface area contributed by atoms with Crippen molar-refractivity contribution < 1.29 is 38.0 Å². The van der Waals surface area contributed by atoms with Gasteiger partial charge in [0.05, 0.1) is 25.9 Å². The molecule has 8 nitrogen and oxygen atoms in total. The summed E-state index contributed by atoms with van der Waals surface area (Å²) < 4.78 is 32.2. The molecule has 0 saturated heterocycles. The Bertz CT molecular complexity index is 517. The van der Waals surface area contributed by atoms with Gasteiger partial charge in [0, 0.05) is 24.2 Å². The van der Waals surface area contributed by atoms with Crippen LogP contribution in [0.4, 0.5) is 0 Å². The normalized spacial score (nSPS) is 12.7. The Morgan fingerprint density at radius 1 is 0.867 bits per heavy atom. The van der Waals surface area contributed by atoms with Crippen molar-refractivity contribution in [3.8, 4) is 0 Å². The molecule has 0 aliphatic carbocycles. The van der Waals surface area contributed by atoms with Crippen molar-refractivity contribution in [3.05, 3.63) is 30.9 Å². The third kappa shape index (κ3) is 16.0. The van der Waals surface area contributed by atoms with Gasteiger partial charge in [0.2, 0.25) is 6.61 Å². The van der Waals surface area contributed by atoms with Gasteiger partial charge < -0.3 is 23.7 Å². The summed E-state index contributed by atoms with van der Waals surface area (Å²) in [6.07, 6.45) is 0.902. The zero-order chi connectivity index (χ0) is 22.8. The Kier molecular flexibility index (Phi) is 16.8. The molecule has 0 spiro atoms. The topological polar surface area (TPSA) is 89.5 Å². The van der Waals surface area contributed by atoms with Gasteiger partial charge in [-0.3, -0.25) is 0 Å². The summed E-state index contributed by atoms with van der Waals surface area (Å²) in [6, 6.07) is 0. The van der Waals surface area contributed by atoms with Gasteiger partial charge in [-0.2, -0.15) is 4.74 Å². The van der Waals surface area contributed by atoms with Crippen LogP contribution in [0.5, 0.6) is 0 Å². The Balaban J connectivity index is 4.24. The van der Waals surface area contributed by atoms with Crippen LogP contribution in [-0.4, -0.2) is 70.4 Å². The van der Waals surface area contributed by atoms with Crippen molar-refractivity contribution in [2.24, 2.45) is 0 Å². The fourth-order valence-electron chi connectivity index (χ4n) is 2.16. The molecule has 0 bridgehead atoms. The molecule has 0 heterocycles. The number of carbonyl (C=O) groups excluding carboxylic acids is 2. The summed E-state index contributed by atoms with van der Waals surface area (Å²) >= 11 is 0. The van der Waals surface area contributed by atoms with Gasteiger partial charge in [-0.1, -0.05) is 13.2 Å². The third-order valence-electron chi connectivity index (χ3n) is 3.71. The van der Waals surface area contributed by atoms with E-state index in [0.717, 1.165) is 0 Å². The summed E-state index contributed by atoms with van der Waals surface area (Å²) in [5.74, 6) is -0.885. The van der Waals surface area contributed by atoms with E-state index in [4.69, 9.17) is 28.4 Å². The number of rotatable bonds is 19. The first-order valence-electron chi connectivity index (χ1n) is 10.2. The van der Waals surface area contributed by atoms with Gasteiger partial charge in [-0.15, -0.1) is 0 Å². The highest BCUT2D eigenvalue weighted by atomic mass is 16.6. The van der Waals surface area contributed by atoms with Crippen LogP contribution in [0.25, 0.3) is 0 Å². The van der Waals surface area contributed by atoms with Gasteiger partial charge in [0.25, 0.3) is 0 Å². The van der Waals surface area contributed by atoms with Gasteiger partial charge in [-0.05, 0) is 27.7 Å². The van der Waals surface area contributed by atoms with E-state index < -0.39 is 11.9 Å². The summed E-state index contributed by atoms with van der Waals surface area (Å²) in [7, 11) is 0. The molecule has 0 rings (SSSR count). The molecule has 172 valence electrons. The van der Waals surface area contributed by atoms with Gasteiger partial charge >= 0.3 is 11.9 Å². The Morgan fingerprint density at radius 3 is 2.00 bits per heavy atom. The Hall–Kier alpha value is -1.87. The fraction of sp³-hybridized carbons (Fsp3) is 0.682. The minimum atomic E-state index is -0.443. The quantitative estimate of drug-likeness (QED) is 0.134. The van der Waals surface area contributed by atoms with Crippen molar-refractivity contribution in [1.82, 2.24) is 0 Å². The molecule has 0 N–H and O–H groups in total. The predicted octanol–water partition coefficient (Wildman–Crippen LogP) is 3.01. The van der Waals surface area contributed by atoms with Crippen LogP contribution in [-0.2, 0) is 38.0 Å². The average Bonchev–Trinajstić information content (AvgIpc) is 2.70. The first kappa shape index (κ1) is 28.1. The van der Waals surface area contributed by atoms with E-state index in [0.29, 0.717) is 43.8 Å². The average molecular weight is 430 g/mol. The maximum Gasteiger partial charge on any atom is 0.333 e. The largest absolute Gasteiger partial charge is 0.460 e. The van der Waals surface area contributed by atoms with Crippen LogP contribution in [0.2, 0.25) is 0 Å². The summed E-state index contributed by atoms with van der Waals surface area (Å²) in [4.78, 5) is 22.7. The van der Waals surface area contributed by atoms with Crippen molar-refractivity contribution in [2.75, 3.05) is 46.2 Å². The van der Waals surface area contributed by atoms with E-state index in [1.54, 1.807) is 20.5 Å². The minimum Gasteiger partial charge on any atom is -0.460 e. The molecule has 0 aliphatic rings. The van der Waals surface area contributed by atoms with Crippen LogP contribution >= 0.6 is 0 Å². The van der Waals surface area contributed by atoms with E-state index in [9.17, 15) is 9.59 Å². The highest BCUT2D eigenvalue weighted by molar-refractivity contribution is 5.87. The molecule has 0 radical (unpaired) electrons. The molecule has 2 atom stereocenters. The molecular formula is C22H37O8+. The number of esters is 2. The number of hydrogen-bond acceptors (Lipinski definition) is 8. The summed E-state index contributed by atoms with van der Waals surface area (Å²) in [5, 5.41) is 0. The monoisotopic (exact) mass is 429 g/mol. The minimum absolute atomic E-state index is 0.0432. The van der Waals surface area contributed by atoms with E-state index >= 15 is 0 Å². The first-order valence-corrected chi connectivity index (χ1v) is 10.2. The molecular weight excluding hydrogens is 392 g/mol. The lowest BCUT2D eigenvalue weighted by Crippen LogP contribution is -2.25. The van der Waals surface area contributed by atoms with E-state index in [2.05, 4.69) is 13.2 Å². The van der Waals surface area contributed by atoms with Gasteiger partial charge in [0.15, 0.2) is 0 Å². The number of carbonyl (C=O) groups is 2. The molecule has 0 aliphatic heterocycles. The van der Waals surface area contributed by atoms with E-state index in [1.807, 2.05) is 13.8 Å². The predicted molar refractivity (Wildman–Crippen MR) is 113 cm³/mol. The lowest BCUT2D eigenvalue weighted by molar-refractivity contribution is -0.141. The van der Waals surface area contributed by atoms with Crippen molar-refractivity contribution in [1.29, 1.82) is 0 Å². The zero-order valence-corrected chi connectivity index (χ0v) is 18.8. The standard InChI is InChI=1S/C22H37O8/c1-7-25-10-12-27-19(6)16-20(28-14-15-30-22(24)18(4)5)8-9-26-11-13-29-21(23)17(2)3/h9,19-20H,2,4,7-8,10-16H2,1,3,5-6H3/q+1. The van der Waals surface area contributed by atoms with Crippen LogP contribution in [0.3, 0.4) is 0 Å². The molecule has 0 aromatic carbocycles. The van der Waals surface area contributed by atoms with Crippen molar-refractivity contribution in [3.63, 3.8) is 0 Å². The van der Waals surface area contributed by atoms with Gasteiger partial charge in [0.1, 0.15) is 32.3 Å². The van der Waals surface area contributed by atoms with Crippen LogP contribution < -0.4 is 0 Å². The molecule has 2 unspecified atom stereocenters. The summed E-state index contributed by atoms with van der Waals surface area (Å²) in [5.41, 5.74) is 0.690. The SMILES string of the molecule is C=C(C)C(=O)OCCO[CH+]CC(CC(C)OCCOCC)OCCOC(=O)C(=C)C. The second kappa shape index (κ2) is 17.9. The molecule has 8 heteroatoms. The highest BCUT2D eigenvalue weighted by Crippen LogP contribution is 2.12. The van der Waals surface area contributed by atoms with Crippen LogP contribution in [0.1, 0.15) is 40.5 Å². The van der Waals surface area contributed by atoms with Crippen LogP contribution in [0, 0.1) is 6.61 Å². The molecule has 0 aromatic rings. The zero-order valence-electron chi connectivity index (χ0n) is 18.8. The smallest absolute Gasteiger partial charge is 0.333 e.